The van der Waals surface area contributed by atoms with Gasteiger partial charge < -0.3 is 15.0 Å². The molecule has 1 atom stereocenters. The highest BCUT2D eigenvalue weighted by atomic mass is 16.6. The van der Waals surface area contributed by atoms with E-state index in [-0.39, 0.29) is 17.5 Å². The predicted octanol–water partition coefficient (Wildman–Crippen LogP) is 2.64. The minimum absolute atomic E-state index is 0.0393. The fourth-order valence-corrected chi connectivity index (χ4v) is 3.54. The summed E-state index contributed by atoms with van der Waals surface area (Å²) in [5, 5.41) is 18.3. The number of rotatable bonds is 8. The molecule has 1 aliphatic heterocycles. The first-order chi connectivity index (χ1) is 16.3. The molecule has 1 aliphatic rings. The van der Waals surface area contributed by atoms with Crippen LogP contribution >= 0.6 is 0 Å². The summed E-state index contributed by atoms with van der Waals surface area (Å²) in [6.45, 7) is 7.75. The molecule has 0 bridgehead atoms. The molecule has 2 aromatic carbocycles. The average Bonchev–Trinajstić information content (AvgIpc) is 2.83. The van der Waals surface area contributed by atoms with Crippen molar-refractivity contribution in [3.8, 4) is 0 Å². The van der Waals surface area contributed by atoms with Crippen molar-refractivity contribution in [1.82, 2.24) is 10.7 Å². The number of carbonyl (C=O) groups excluding carboxylic acids is 2. The van der Waals surface area contributed by atoms with Gasteiger partial charge in [0.2, 0.25) is 0 Å². The Kier molecular flexibility index (Phi) is 8.31. The summed E-state index contributed by atoms with van der Waals surface area (Å²) in [7, 11) is 0. The van der Waals surface area contributed by atoms with Crippen LogP contribution in [-0.2, 0) is 9.53 Å². The quantitative estimate of drug-likeness (QED) is 0.349. The van der Waals surface area contributed by atoms with E-state index >= 15 is 0 Å². The van der Waals surface area contributed by atoms with E-state index in [1.807, 2.05) is 37.8 Å². The maximum atomic E-state index is 12.7. The Morgan fingerprint density at radius 3 is 2.44 bits per heavy atom. The van der Waals surface area contributed by atoms with Crippen LogP contribution in [0.5, 0.6) is 0 Å². The number of nitrogens with one attached hydrogen (secondary N) is 2. The van der Waals surface area contributed by atoms with Crippen LogP contribution in [0.1, 0.15) is 35.3 Å². The van der Waals surface area contributed by atoms with E-state index < -0.39 is 16.9 Å². The molecule has 3 rings (SSSR count). The summed E-state index contributed by atoms with van der Waals surface area (Å²) in [6, 6.07) is 11.0. The van der Waals surface area contributed by atoms with Crippen molar-refractivity contribution in [3.05, 3.63) is 69.3 Å². The minimum Gasteiger partial charge on any atom is -0.378 e. The van der Waals surface area contributed by atoms with E-state index in [9.17, 15) is 19.7 Å². The van der Waals surface area contributed by atoms with E-state index in [0.717, 1.165) is 5.56 Å². The molecule has 0 aromatic heterocycles. The summed E-state index contributed by atoms with van der Waals surface area (Å²) in [6.07, 6.45) is 1.34. The summed E-state index contributed by atoms with van der Waals surface area (Å²) >= 11 is 0. The van der Waals surface area contributed by atoms with Crippen molar-refractivity contribution in [2.45, 2.75) is 26.8 Å². The third-order valence-electron chi connectivity index (χ3n) is 5.49. The second-order valence-electron chi connectivity index (χ2n) is 8.40. The van der Waals surface area contributed by atoms with Gasteiger partial charge in [-0.15, -0.1) is 0 Å². The largest absolute Gasteiger partial charge is 0.378 e. The standard InChI is InChI=1S/C24H29N5O5/c1-16(2)22(26-23(30)19-7-4-17(3)5-8-19)24(31)27-25-15-18-6-9-20(21(14-18)29(32)33)28-10-12-34-13-11-28/h4-9,14-16,22H,10-13H2,1-3H3,(H,26,30)(H,27,31)/b25-15-. The van der Waals surface area contributed by atoms with E-state index in [0.29, 0.717) is 43.1 Å². The molecular formula is C24H29N5O5. The number of nitrogens with zero attached hydrogens (tertiary/aromatic N) is 3. The topological polar surface area (TPSA) is 126 Å². The van der Waals surface area contributed by atoms with Crippen LogP contribution in [-0.4, -0.2) is 55.3 Å². The number of hydrogen-bond donors (Lipinski definition) is 2. The number of amides is 2. The zero-order chi connectivity index (χ0) is 24.7. The van der Waals surface area contributed by atoms with E-state index in [2.05, 4.69) is 15.8 Å². The van der Waals surface area contributed by atoms with Gasteiger partial charge in [-0.2, -0.15) is 5.10 Å². The fraction of sp³-hybridized carbons (Fsp3) is 0.375. The van der Waals surface area contributed by atoms with Crippen LogP contribution in [0.25, 0.3) is 0 Å². The smallest absolute Gasteiger partial charge is 0.293 e. The number of ether oxygens (including phenoxy) is 1. The van der Waals surface area contributed by atoms with Crippen molar-refractivity contribution >= 4 is 29.4 Å². The van der Waals surface area contributed by atoms with E-state index in [1.165, 1.54) is 12.3 Å². The highest BCUT2D eigenvalue weighted by molar-refractivity contribution is 5.97. The first kappa shape index (κ1) is 24.8. The zero-order valence-corrected chi connectivity index (χ0v) is 19.5. The molecule has 0 aliphatic carbocycles. The van der Waals surface area contributed by atoms with Crippen LogP contribution in [0.2, 0.25) is 0 Å². The number of anilines is 1. The molecule has 1 fully saturated rings. The average molecular weight is 468 g/mol. The number of nitro groups is 1. The van der Waals surface area contributed by atoms with Crippen molar-refractivity contribution in [1.29, 1.82) is 0 Å². The molecule has 10 nitrogen and oxygen atoms in total. The number of nitro benzene ring substituents is 1. The minimum atomic E-state index is -0.802. The van der Waals surface area contributed by atoms with Gasteiger partial charge in [-0.3, -0.25) is 19.7 Å². The molecule has 2 amide bonds. The SMILES string of the molecule is Cc1ccc(C(=O)NC(C(=O)N/N=C\c2ccc(N3CCOCC3)c([N+](=O)[O-])c2)C(C)C)cc1. The van der Waals surface area contributed by atoms with Crippen LogP contribution in [0, 0.1) is 23.0 Å². The van der Waals surface area contributed by atoms with Gasteiger partial charge in [-0.05, 0) is 31.0 Å². The predicted molar refractivity (Wildman–Crippen MR) is 129 cm³/mol. The molecule has 1 unspecified atom stereocenters. The Morgan fingerprint density at radius 2 is 1.82 bits per heavy atom. The molecular weight excluding hydrogens is 438 g/mol. The Morgan fingerprint density at radius 1 is 1.15 bits per heavy atom. The van der Waals surface area contributed by atoms with E-state index in [1.54, 1.807) is 24.3 Å². The van der Waals surface area contributed by atoms with Gasteiger partial charge >= 0.3 is 0 Å². The van der Waals surface area contributed by atoms with Crippen LogP contribution < -0.4 is 15.6 Å². The van der Waals surface area contributed by atoms with Crippen molar-refractivity contribution in [3.63, 3.8) is 0 Å². The van der Waals surface area contributed by atoms with Gasteiger partial charge in [0.25, 0.3) is 17.5 Å². The Labute approximate surface area is 198 Å². The van der Waals surface area contributed by atoms with Gasteiger partial charge in [0.1, 0.15) is 11.7 Å². The Hall–Kier alpha value is -3.79. The molecule has 0 spiro atoms. The number of hydrogen-bond acceptors (Lipinski definition) is 7. The van der Waals surface area contributed by atoms with Gasteiger partial charge in [0, 0.05) is 30.3 Å². The second-order valence-corrected chi connectivity index (χ2v) is 8.40. The second kappa shape index (κ2) is 11.4. The van der Waals surface area contributed by atoms with Crippen LogP contribution in [0.15, 0.2) is 47.6 Å². The normalized spacial score (nSPS) is 14.8. The van der Waals surface area contributed by atoms with Gasteiger partial charge in [-0.25, -0.2) is 5.43 Å². The third kappa shape index (κ3) is 6.38. The van der Waals surface area contributed by atoms with Crippen molar-refractivity contribution in [2.75, 3.05) is 31.2 Å². The molecule has 180 valence electrons. The lowest BCUT2D eigenvalue weighted by Gasteiger charge is -2.28. The number of aryl methyl sites for hydroxylation is 1. The summed E-state index contributed by atoms with van der Waals surface area (Å²) in [5.74, 6) is -1.02. The molecule has 34 heavy (non-hydrogen) atoms. The van der Waals surface area contributed by atoms with Crippen LogP contribution in [0.3, 0.4) is 0 Å². The summed E-state index contributed by atoms with van der Waals surface area (Å²) in [5.41, 5.74) is 4.86. The van der Waals surface area contributed by atoms with Crippen molar-refractivity contribution < 1.29 is 19.2 Å². The molecule has 2 N–H and O–H groups in total. The Balaban J connectivity index is 1.66. The molecule has 0 saturated carbocycles. The fourth-order valence-electron chi connectivity index (χ4n) is 3.54. The monoisotopic (exact) mass is 467 g/mol. The lowest BCUT2D eigenvalue weighted by Crippen LogP contribution is -2.48. The number of carbonyl (C=O) groups is 2. The molecule has 1 saturated heterocycles. The lowest BCUT2D eigenvalue weighted by atomic mass is 10.0. The van der Waals surface area contributed by atoms with Crippen molar-refractivity contribution in [2.24, 2.45) is 11.0 Å². The first-order valence-electron chi connectivity index (χ1n) is 11.1. The number of morpholine rings is 1. The molecule has 0 radical (unpaired) electrons. The van der Waals surface area contributed by atoms with E-state index in [4.69, 9.17) is 4.74 Å². The number of benzene rings is 2. The van der Waals surface area contributed by atoms with Gasteiger partial charge in [0.05, 0.1) is 24.4 Å². The highest BCUT2D eigenvalue weighted by Gasteiger charge is 2.25. The first-order valence-corrected chi connectivity index (χ1v) is 11.1. The maximum Gasteiger partial charge on any atom is 0.293 e. The highest BCUT2D eigenvalue weighted by Crippen LogP contribution is 2.29. The van der Waals surface area contributed by atoms with Gasteiger partial charge in [-0.1, -0.05) is 37.6 Å². The Bertz CT molecular complexity index is 1060. The maximum absolute atomic E-state index is 12.7. The molecule has 2 aromatic rings. The molecule has 10 heteroatoms. The summed E-state index contributed by atoms with van der Waals surface area (Å²) in [4.78, 5) is 38.3. The number of hydrazone groups is 1. The summed E-state index contributed by atoms with van der Waals surface area (Å²) < 4.78 is 5.31. The lowest BCUT2D eigenvalue weighted by molar-refractivity contribution is -0.384. The zero-order valence-electron chi connectivity index (χ0n) is 19.5. The van der Waals surface area contributed by atoms with Gasteiger partial charge in [0.15, 0.2) is 0 Å². The van der Waals surface area contributed by atoms with Crippen LogP contribution in [0.4, 0.5) is 11.4 Å². The third-order valence-corrected chi connectivity index (χ3v) is 5.49. The molecule has 1 heterocycles.